The molecular formula is C10H15N3O2. The minimum absolute atomic E-state index is 0.240. The van der Waals surface area contributed by atoms with Gasteiger partial charge in [-0.05, 0) is 24.6 Å². The molecule has 15 heavy (non-hydrogen) atoms. The van der Waals surface area contributed by atoms with Gasteiger partial charge in [0.2, 0.25) is 0 Å². The molecule has 0 saturated carbocycles. The van der Waals surface area contributed by atoms with Crippen molar-refractivity contribution in [2.75, 3.05) is 24.2 Å². The summed E-state index contributed by atoms with van der Waals surface area (Å²) in [5.41, 5.74) is 13.2. The Hall–Kier alpha value is -1.91. The number of primary amides is 1. The van der Waals surface area contributed by atoms with Gasteiger partial charge in [-0.15, -0.1) is 0 Å². The molecule has 5 N–H and O–H groups in total. The molecule has 82 valence electrons. The van der Waals surface area contributed by atoms with Gasteiger partial charge < -0.3 is 21.5 Å². The van der Waals surface area contributed by atoms with E-state index in [1.54, 1.807) is 0 Å². The first-order valence-corrected chi connectivity index (χ1v) is 4.62. The van der Waals surface area contributed by atoms with Gasteiger partial charge >= 0.3 is 6.09 Å². The Bertz CT molecular complexity index is 353. The maximum absolute atomic E-state index is 10.3. The molecule has 1 aromatic rings. The van der Waals surface area contributed by atoms with E-state index in [0.717, 1.165) is 16.9 Å². The highest BCUT2D eigenvalue weighted by Crippen LogP contribution is 2.19. The van der Waals surface area contributed by atoms with Crippen LogP contribution >= 0.6 is 0 Å². The number of amides is 1. The highest BCUT2D eigenvalue weighted by molar-refractivity contribution is 5.65. The van der Waals surface area contributed by atoms with Crippen LogP contribution in [0.3, 0.4) is 0 Å². The Morgan fingerprint density at radius 1 is 1.53 bits per heavy atom. The van der Waals surface area contributed by atoms with Gasteiger partial charge in [0.25, 0.3) is 0 Å². The number of ether oxygens (including phenoxy) is 1. The zero-order valence-corrected chi connectivity index (χ0v) is 8.62. The van der Waals surface area contributed by atoms with E-state index in [-0.39, 0.29) is 6.61 Å². The van der Waals surface area contributed by atoms with E-state index in [1.165, 1.54) is 0 Å². The third kappa shape index (κ3) is 3.38. The largest absolute Gasteiger partial charge is 0.448 e. The Morgan fingerprint density at radius 3 is 2.93 bits per heavy atom. The van der Waals surface area contributed by atoms with Crippen molar-refractivity contribution in [3.05, 3.63) is 23.8 Å². The van der Waals surface area contributed by atoms with E-state index in [4.69, 9.17) is 11.5 Å². The standard InChI is InChI=1S/C10H15N3O2/c1-7-8(11)3-2-4-9(7)13-5-6-15-10(12)14/h2-4,13H,5-6,11H2,1H3,(H2,12,14). The van der Waals surface area contributed by atoms with Crippen molar-refractivity contribution < 1.29 is 9.53 Å². The van der Waals surface area contributed by atoms with Crippen LogP contribution in [-0.4, -0.2) is 19.2 Å². The highest BCUT2D eigenvalue weighted by Gasteiger charge is 2.00. The summed E-state index contributed by atoms with van der Waals surface area (Å²) in [6.07, 6.45) is -0.763. The molecule has 1 aromatic carbocycles. The lowest BCUT2D eigenvalue weighted by Gasteiger charge is -2.10. The number of carbonyl (C=O) groups excluding carboxylic acids is 1. The summed E-state index contributed by atoms with van der Waals surface area (Å²) in [5, 5.41) is 3.10. The molecular weight excluding hydrogens is 194 g/mol. The zero-order valence-electron chi connectivity index (χ0n) is 8.62. The molecule has 5 nitrogen and oxygen atoms in total. The second-order valence-electron chi connectivity index (χ2n) is 3.11. The van der Waals surface area contributed by atoms with Crippen LogP contribution < -0.4 is 16.8 Å². The normalized spacial score (nSPS) is 9.67. The first kappa shape index (κ1) is 11.2. The maximum atomic E-state index is 10.3. The summed E-state index contributed by atoms with van der Waals surface area (Å²) in [4.78, 5) is 10.3. The number of nitrogens with one attached hydrogen (secondary N) is 1. The quantitative estimate of drug-likeness (QED) is 0.511. The fraction of sp³-hybridized carbons (Fsp3) is 0.300. The van der Waals surface area contributed by atoms with Crippen LogP contribution in [0.2, 0.25) is 0 Å². The van der Waals surface area contributed by atoms with E-state index in [0.29, 0.717) is 6.54 Å². The molecule has 0 radical (unpaired) electrons. The van der Waals surface area contributed by atoms with Crippen LogP contribution in [0, 0.1) is 6.92 Å². The summed E-state index contributed by atoms with van der Waals surface area (Å²) < 4.78 is 4.58. The molecule has 0 heterocycles. The summed E-state index contributed by atoms with van der Waals surface area (Å²) >= 11 is 0. The molecule has 0 aliphatic heterocycles. The lowest BCUT2D eigenvalue weighted by molar-refractivity contribution is 0.161. The summed E-state index contributed by atoms with van der Waals surface area (Å²) in [6.45, 7) is 2.67. The Balaban J connectivity index is 2.44. The van der Waals surface area contributed by atoms with E-state index < -0.39 is 6.09 Å². The van der Waals surface area contributed by atoms with Crippen LogP contribution in [0.1, 0.15) is 5.56 Å². The van der Waals surface area contributed by atoms with Crippen molar-refractivity contribution in [2.24, 2.45) is 5.73 Å². The number of carbonyl (C=O) groups is 1. The van der Waals surface area contributed by atoms with Gasteiger partial charge in [-0.2, -0.15) is 0 Å². The van der Waals surface area contributed by atoms with Gasteiger partial charge in [-0.1, -0.05) is 6.07 Å². The second-order valence-corrected chi connectivity index (χ2v) is 3.11. The van der Waals surface area contributed by atoms with E-state index in [1.807, 2.05) is 25.1 Å². The third-order valence-corrected chi connectivity index (χ3v) is 2.04. The smallest absolute Gasteiger partial charge is 0.404 e. The fourth-order valence-corrected chi connectivity index (χ4v) is 1.18. The van der Waals surface area contributed by atoms with Crippen molar-refractivity contribution in [1.29, 1.82) is 0 Å². The molecule has 0 aromatic heterocycles. The molecule has 0 fully saturated rings. The van der Waals surface area contributed by atoms with E-state index >= 15 is 0 Å². The predicted molar refractivity (Wildman–Crippen MR) is 59.6 cm³/mol. The van der Waals surface area contributed by atoms with Gasteiger partial charge in [0.1, 0.15) is 6.61 Å². The first-order chi connectivity index (χ1) is 7.11. The topological polar surface area (TPSA) is 90.4 Å². The minimum atomic E-state index is -0.763. The SMILES string of the molecule is Cc1c(N)cccc1NCCOC(N)=O. The predicted octanol–water partition coefficient (Wildman–Crippen LogP) is 1.08. The van der Waals surface area contributed by atoms with Crippen molar-refractivity contribution in [3.63, 3.8) is 0 Å². The van der Waals surface area contributed by atoms with Gasteiger partial charge in [-0.3, -0.25) is 0 Å². The fourth-order valence-electron chi connectivity index (χ4n) is 1.18. The highest BCUT2D eigenvalue weighted by atomic mass is 16.5. The van der Waals surface area contributed by atoms with Crippen molar-refractivity contribution in [2.45, 2.75) is 6.92 Å². The van der Waals surface area contributed by atoms with Gasteiger partial charge in [-0.25, -0.2) is 4.79 Å². The summed E-state index contributed by atoms with van der Waals surface area (Å²) in [5.74, 6) is 0. The molecule has 0 atom stereocenters. The Kier molecular flexibility index (Phi) is 3.79. The average molecular weight is 209 g/mol. The van der Waals surface area contributed by atoms with Crippen LogP contribution in [-0.2, 0) is 4.74 Å². The lowest BCUT2D eigenvalue weighted by atomic mass is 10.1. The summed E-state index contributed by atoms with van der Waals surface area (Å²) in [7, 11) is 0. The molecule has 0 saturated heterocycles. The molecule has 1 rings (SSSR count). The van der Waals surface area contributed by atoms with E-state index in [2.05, 4.69) is 10.1 Å². The number of hydrogen-bond acceptors (Lipinski definition) is 4. The van der Waals surface area contributed by atoms with Crippen LogP contribution in [0.25, 0.3) is 0 Å². The number of nitrogens with two attached hydrogens (primary N) is 2. The molecule has 0 bridgehead atoms. The molecule has 0 aliphatic carbocycles. The summed E-state index contributed by atoms with van der Waals surface area (Å²) in [6, 6.07) is 5.61. The van der Waals surface area contributed by atoms with Gasteiger partial charge in [0, 0.05) is 17.9 Å². The number of anilines is 2. The molecule has 1 amide bonds. The number of nitrogen functional groups attached to an aromatic ring is 1. The van der Waals surface area contributed by atoms with Gasteiger partial charge in [0.15, 0.2) is 0 Å². The second kappa shape index (κ2) is 5.09. The van der Waals surface area contributed by atoms with Crippen molar-refractivity contribution in [3.8, 4) is 0 Å². The zero-order chi connectivity index (χ0) is 11.3. The minimum Gasteiger partial charge on any atom is -0.448 e. The van der Waals surface area contributed by atoms with Crippen molar-refractivity contribution in [1.82, 2.24) is 0 Å². The number of hydrogen-bond donors (Lipinski definition) is 3. The van der Waals surface area contributed by atoms with Gasteiger partial charge in [0.05, 0.1) is 0 Å². The third-order valence-electron chi connectivity index (χ3n) is 2.04. The monoisotopic (exact) mass is 209 g/mol. The molecule has 0 spiro atoms. The maximum Gasteiger partial charge on any atom is 0.404 e. The Labute approximate surface area is 88.4 Å². The van der Waals surface area contributed by atoms with E-state index in [9.17, 15) is 4.79 Å². The first-order valence-electron chi connectivity index (χ1n) is 4.62. The van der Waals surface area contributed by atoms with Crippen molar-refractivity contribution >= 4 is 17.5 Å². The molecule has 5 heteroatoms. The number of benzene rings is 1. The number of rotatable bonds is 4. The molecule has 0 unspecified atom stereocenters. The van der Waals surface area contributed by atoms with Crippen LogP contribution in [0.4, 0.5) is 16.2 Å². The average Bonchev–Trinajstić information content (AvgIpc) is 2.18. The molecule has 0 aliphatic rings. The van der Waals surface area contributed by atoms with Crippen LogP contribution in [0.15, 0.2) is 18.2 Å². The lowest BCUT2D eigenvalue weighted by Crippen LogP contribution is -2.18. The Morgan fingerprint density at radius 2 is 2.27 bits per heavy atom. The van der Waals surface area contributed by atoms with Crippen LogP contribution in [0.5, 0.6) is 0 Å².